The van der Waals surface area contributed by atoms with Crippen molar-refractivity contribution in [1.82, 2.24) is 21.3 Å². The number of phenolic OH excluding ortho intramolecular Hbond substituents is 1. The largest absolute Gasteiger partial charge is 0.508 e. The summed E-state index contributed by atoms with van der Waals surface area (Å²) in [6.45, 7) is 1.31. The van der Waals surface area contributed by atoms with Crippen LogP contribution in [0.5, 0.6) is 5.75 Å². The van der Waals surface area contributed by atoms with Gasteiger partial charge in [0.25, 0.3) is 0 Å². The van der Waals surface area contributed by atoms with Crippen LogP contribution in [0.3, 0.4) is 0 Å². The van der Waals surface area contributed by atoms with E-state index in [1.165, 1.54) is 30.8 Å². The summed E-state index contributed by atoms with van der Waals surface area (Å²) in [6.07, 6.45) is 2.61. The van der Waals surface area contributed by atoms with Crippen molar-refractivity contribution in [3.8, 4) is 5.75 Å². The highest BCUT2D eigenvalue weighted by atomic mass is 32.2. The van der Waals surface area contributed by atoms with Crippen LogP contribution in [0, 0.1) is 0 Å². The molecule has 40 heavy (non-hydrogen) atoms. The number of rotatable bonds is 16. The van der Waals surface area contributed by atoms with Crippen molar-refractivity contribution in [2.75, 3.05) is 25.2 Å². The molecule has 4 atom stereocenters. The van der Waals surface area contributed by atoms with Gasteiger partial charge >= 0.3 is 0 Å². The van der Waals surface area contributed by atoms with Gasteiger partial charge in [-0.2, -0.15) is 11.8 Å². The molecule has 0 saturated heterocycles. The number of nitrogens with one attached hydrogen (secondary N) is 4. The first-order valence-corrected chi connectivity index (χ1v) is 14.4. The number of carbonyl (C=O) groups is 4. The molecule has 0 saturated carbocycles. The molecule has 0 bridgehead atoms. The van der Waals surface area contributed by atoms with Crippen LogP contribution < -0.4 is 27.0 Å². The highest BCUT2D eigenvalue weighted by molar-refractivity contribution is 7.98. The van der Waals surface area contributed by atoms with Crippen molar-refractivity contribution in [2.24, 2.45) is 5.73 Å². The van der Waals surface area contributed by atoms with Crippen LogP contribution in [0.2, 0.25) is 0 Å². The number of hydrogen-bond acceptors (Lipinski definition) is 8. The molecule has 218 valence electrons. The molecule has 0 aliphatic carbocycles. The van der Waals surface area contributed by atoms with Gasteiger partial charge < -0.3 is 37.2 Å². The van der Waals surface area contributed by atoms with Crippen LogP contribution in [-0.4, -0.2) is 83.2 Å². The van der Waals surface area contributed by atoms with Crippen molar-refractivity contribution in [2.45, 2.75) is 50.4 Å². The van der Waals surface area contributed by atoms with Gasteiger partial charge in [0.2, 0.25) is 23.6 Å². The Labute approximate surface area is 238 Å². The fourth-order valence-corrected chi connectivity index (χ4v) is 4.27. The van der Waals surface area contributed by atoms with Gasteiger partial charge in [-0.05, 0) is 55.0 Å². The predicted molar refractivity (Wildman–Crippen MR) is 154 cm³/mol. The standard InChI is InChI=1S/C28H39N5O6S/c1-18(31-26(37)22(29)16-20-8-10-21(35)11-9-20)25(36)33-24(17-19-6-4-3-5-7-19)28(39)32-23(12-15-40-2)27(38)30-13-14-34/h3-11,18,22-24,34-35H,12-17,29H2,1-2H3,(H,30,38)(H,31,37)(H,32,39)(H,33,36)/t18-,22+,23+,24+/m1/s1. The number of amides is 4. The van der Waals surface area contributed by atoms with E-state index < -0.39 is 47.8 Å². The maximum atomic E-state index is 13.3. The molecule has 2 aromatic carbocycles. The first-order valence-electron chi connectivity index (χ1n) is 13.0. The minimum Gasteiger partial charge on any atom is -0.508 e. The van der Waals surface area contributed by atoms with E-state index in [4.69, 9.17) is 10.8 Å². The second-order valence-corrected chi connectivity index (χ2v) is 10.3. The minimum absolute atomic E-state index is 0.0563. The zero-order chi connectivity index (χ0) is 29.5. The Hall–Kier alpha value is -3.61. The average molecular weight is 574 g/mol. The smallest absolute Gasteiger partial charge is 0.243 e. The number of aromatic hydroxyl groups is 1. The molecule has 12 heteroatoms. The van der Waals surface area contributed by atoms with E-state index >= 15 is 0 Å². The number of nitrogens with two attached hydrogens (primary N) is 1. The van der Waals surface area contributed by atoms with Crippen LogP contribution in [0.25, 0.3) is 0 Å². The van der Waals surface area contributed by atoms with E-state index in [1.807, 2.05) is 36.6 Å². The molecule has 0 fully saturated rings. The van der Waals surface area contributed by atoms with Crippen molar-refractivity contribution in [3.63, 3.8) is 0 Å². The number of phenols is 1. The molecule has 8 N–H and O–H groups in total. The van der Waals surface area contributed by atoms with E-state index in [-0.39, 0.29) is 31.7 Å². The fraction of sp³-hybridized carbons (Fsp3) is 0.429. The molecule has 0 aliphatic heterocycles. The van der Waals surface area contributed by atoms with Crippen molar-refractivity contribution < 1.29 is 29.4 Å². The lowest BCUT2D eigenvalue weighted by Crippen LogP contribution is -2.58. The molecular formula is C28H39N5O6S. The Kier molecular flexibility index (Phi) is 14.0. The second-order valence-electron chi connectivity index (χ2n) is 9.32. The van der Waals surface area contributed by atoms with Crippen LogP contribution in [0.4, 0.5) is 0 Å². The Balaban J connectivity index is 2.08. The van der Waals surface area contributed by atoms with E-state index in [0.29, 0.717) is 12.2 Å². The topological polar surface area (TPSA) is 183 Å². The zero-order valence-corrected chi connectivity index (χ0v) is 23.6. The summed E-state index contributed by atoms with van der Waals surface area (Å²) < 4.78 is 0. The first-order chi connectivity index (χ1) is 19.1. The highest BCUT2D eigenvalue weighted by Crippen LogP contribution is 2.11. The maximum Gasteiger partial charge on any atom is 0.243 e. The third kappa shape index (κ3) is 11.2. The highest BCUT2D eigenvalue weighted by Gasteiger charge is 2.29. The number of hydrogen-bond donors (Lipinski definition) is 7. The van der Waals surface area contributed by atoms with Gasteiger partial charge in [0, 0.05) is 13.0 Å². The van der Waals surface area contributed by atoms with E-state index in [9.17, 15) is 24.3 Å². The lowest BCUT2D eigenvalue weighted by Gasteiger charge is -2.25. The molecule has 0 aromatic heterocycles. The van der Waals surface area contributed by atoms with Gasteiger partial charge in [0.15, 0.2) is 0 Å². The molecule has 0 heterocycles. The molecule has 2 aromatic rings. The third-order valence-electron chi connectivity index (χ3n) is 6.05. The lowest BCUT2D eigenvalue weighted by molar-refractivity contribution is -0.133. The quantitative estimate of drug-likeness (QED) is 0.145. The Bertz CT molecular complexity index is 1100. The number of aliphatic hydroxyl groups excluding tert-OH is 1. The van der Waals surface area contributed by atoms with E-state index in [0.717, 1.165) is 11.1 Å². The monoisotopic (exact) mass is 573 g/mol. The average Bonchev–Trinajstić information content (AvgIpc) is 2.94. The summed E-state index contributed by atoms with van der Waals surface area (Å²) in [5.41, 5.74) is 7.56. The Morgan fingerprint density at radius 1 is 0.825 bits per heavy atom. The Morgan fingerprint density at radius 3 is 2.08 bits per heavy atom. The van der Waals surface area contributed by atoms with Crippen molar-refractivity contribution >= 4 is 35.4 Å². The van der Waals surface area contributed by atoms with Crippen molar-refractivity contribution in [1.29, 1.82) is 0 Å². The summed E-state index contributed by atoms with van der Waals surface area (Å²) in [4.78, 5) is 51.6. The van der Waals surface area contributed by atoms with Crippen molar-refractivity contribution in [3.05, 3.63) is 65.7 Å². The minimum atomic E-state index is -1.03. The van der Waals surface area contributed by atoms with Crippen LogP contribution in [0.15, 0.2) is 54.6 Å². The fourth-order valence-electron chi connectivity index (χ4n) is 3.80. The molecule has 0 spiro atoms. The second kappa shape index (κ2) is 17.2. The predicted octanol–water partition coefficient (Wildman–Crippen LogP) is -0.159. The molecule has 0 aliphatic rings. The SMILES string of the molecule is CSCC[C@H](NC(=O)[C@H](Cc1ccccc1)NC(=O)[C@@H](C)NC(=O)[C@@H](N)Cc1ccc(O)cc1)C(=O)NCCO. The van der Waals surface area contributed by atoms with Gasteiger partial charge in [-0.3, -0.25) is 19.2 Å². The summed E-state index contributed by atoms with van der Waals surface area (Å²) in [5.74, 6) is -1.40. The number of benzene rings is 2. The van der Waals surface area contributed by atoms with E-state index in [2.05, 4.69) is 21.3 Å². The van der Waals surface area contributed by atoms with Crippen LogP contribution in [-0.2, 0) is 32.0 Å². The van der Waals surface area contributed by atoms with Gasteiger partial charge in [-0.1, -0.05) is 42.5 Å². The lowest BCUT2D eigenvalue weighted by atomic mass is 10.0. The van der Waals surface area contributed by atoms with Gasteiger partial charge in [0.1, 0.15) is 23.9 Å². The van der Waals surface area contributed by atoms with Gasteiger partial charge in [-0.15, -0.1) is 0 Å². The van der Waals surface area contributed by atoms with E-state index in [1.54, 1.807) is 12.1 Å². The molecule has 4 amide bonds. The molecule has 0 unspecified atom stereocenters. The van der Waals surface area contributed by atoms with Gasteiger partial charge in [-0.25, -0.2) is 0 Å². The summed E-state index contributed by atoms with van der Waals surface area (Å²) >= 11 is 1.52. The number of aliphatic hydroxyl groups is 1. The maximum absolute atomic E-state index is 13.3. The van der Waals surface area contributed by atoms with Crippen LogP contribution in [0.1, 0.15) is 24.5 Å². The van der Waals surface area contributed by atoms with Crippen LogP contribution >= 0.6 is 11.8 Å². The molecule has 0 radical (unpaired) electrons. The van der Waals surface area contributed by atoms with Gasteiger partial charge in [0.05, 0.1) is 12.6 Å². The first kappa shape index (κ1) is 32.6. The number of thioether (sulfide) groups is 1. The Morgan fingerprint density at radius 2 is 1.45 bits per heavy atom. The summed E-state index contributed by atoms with van der Waals surface area (Å²) in [5, 5.41) is 29.0. The normalized spacial score (nSPS) is 13.8. The zero-order valence-electron chi connectivity index (χ0n) is 22.8. The molecule has 2 rings (SSSR count). The molecular weight excluding hydrogens is 534 g/mol. The summed E-state index contributed by atoms with van der Waals surface area (Å²) in [7, 11) is 0. The molecule has 11 nitrogen and oxygen atoms in total. The third-order valence-corrected chi connectivity index (χ3v) is 6.70. The summed E-state index contributed by atoms with van der Waals surface area (Å²) in [6, 6.07) is 11.6. The number of carbonyl (C=O) groups excluding carboxylic acids is 4.